The van der Waals surface area contributed by atoms with Crippen molar-refractivity contribution in [2.24, 2.45) is 0 Å². The molecule has 152 valence electrons. The van der Waals surface area contributed by atoms with Crippen molar-refractivity contribution in [1.29, 1.82) is 5.26 Å². The van der Waals surface area contributed by atoms with E-state index in [0.29, 0.717) is 41.0 Å². The molecule has 0 radical (unpaired) electrons. The van der Waals surface area contributed by atoms with Crippen LogP contribution >= 0.6 is 0 Å². The topological polar surface area (TPSA) is 82.2 Å². The highest BCUT2D eigenvalue weighted by molar-refractivity contribution is 6.01. The van der Waals surface area contributed by atoms with Crippen LogP contribution in [0.5, 0.6) is 0 Å². The van der Waals surface area contributed by atoms with Gasteiger partial charge >= 0.3 is 0 Å². The van der Waals surface area contributed by atoms with E-state index in [0.717, 1.165) is 31.5 Å². The molecule has 2 aromatic rings. The number of carbonyl (C=O) groups excluding carboxylic acids is 1. The number of halogens is 1. The minimum Gasteiger partial charge on any atom is -0.398 e. The average molecular weight is 394 g/mol. The van der Waals surface area contributed by atoms with Gasteiger partial charge in [0.2, 0.25) is 0 Å². The number of amides is 1. The lowest BCUT2D eigenvalue weighted by molar-refractivity contribution is 0.0774. The van der Waals surface area contributed by atoms with Crippen molar-refractivity contribution in [1.82, 2.24) is 10.2 Å². The Morgan fingerprint density at radius 1 is 1.21 bits per heavy atom. The summed E-state index contributed by atoms with van der Waals surface area (Å²) in [4.78, 5) is 14.7. The highest BCUT2D eigenvalue weighted by Gasteiger charge is 2.27. The largest absolute Gasteiger partial charge is 0.398 e. The van der Waals surface area contributed by atoms with Crippen LogP contribution in [0.15, 0.2) is 30.3 Å². The minimum absolute atomic E-state index is 0.111. The highest BCUT2D eigenvalue weighted by Crippen LogP contribution is 2.40. The van der Waals surface area contributed by atoms with Crippen molar-refractivity contribution in [2.75, 3.05) is 31.9 Å². The van der Waals surface area contributed by atoms with Gasteiger partial charge in [-0.2, -0.15) is 5.26 Å². The first-order valence-electron chi connectivity index (χ1n) is 10.1. The minimum atomic E-state index is -0.401. The maximum absolute atomic E-state index is 14.7. The van der Waals surface area contributed by atoms with Crippen LogP contribution in [0, 0.1) is 17.1 Å². The second kappa shape index (κ2) is 9.06. The fraction of sp³-hybridized carbons (Fsp3) is 0.391. The van der Waals surface area contributed by atoms with E-state index in [1.54, 1.807) is 23.1 Å². The lowest BCUT2D eigenvalue weighted by Gasteiger charge is -2.28. The number of nitrogens with one attached hydrogen (secondary N) is 1. The van der Waals surface area contributed by atoms with Gasteiger partial charge in [-0.25, -0.2) is 4.39 Å². The molecule has 3 N–H and O–H groups in total. The Balaban J connectivity index is 2.20. The summed E-state index contributed by atoms with van der Waals surface area (Å²) in [6.07, 6.45) is 1.72. The lowest BCUT2D eigenvalue weighted by Crippen LogP contribution is -2.32. The quantitative estimate of drug-likeness (QED) is 0.754. The smallest absolute Gasteiger partial charge is 0.255 e. The van der Waals surface area contributed by atoms with E-state index < -0.39 is 5.82 Å². The number of hydrogen-bond donors (Lipinski definition) is 2. The van der Waals surface area contributed by atoms with Crippen molar-refractivity contribution in [3.63, 3.8) is 0 Å². The van der Waals surface area contributed by atoms with Crippen molar-refractivity contribution in [2.45, 2.75) is 32.6 Å². The Kier molecular flexibility index (Phi) is 6.50. The highest BCUT2D eigenvalue weighted by atomic mass is 19.1. The number of nitriles is 1. The zero-order chi connectivity index (χ0) is 21.0. The molecule has 29 heavy (non-hydrogen) atoms. The third-order valence-electron chi connectivity index (χ3n) is 5.70. The van der Waals surface area contributed by atoms with Crippen LogP contribution in [-0.2, 0) is 0 Å². The molecule has 0 atom stereocenters. The van der Waals surface area contributed by atoms with E-state index >= 15 is 0 Å². The predicted molar refractivity (Wildman–Crippen MR) is 113 cm³/mol. The molecule has 1 fully saturated rings. The summed E-state index contributed by atoms with van der Waals surface area (Å²) in [7, 11) is 0. The average Bonchev–Trinajstić information content (AvgIpc) is 2.75. The van der Waals surface area contributed by atoms with Crippen LogP contribution in [0.2, 0.25) is 0 Å². The first-order valence-corrected chi connectivity index (χ1v) is 10.1. The van der Waals surface area contributed by atoms with Crippen LogP contribution in [0.1, 0.15) is 54.1 Å². The summed E-state index contributed by atoms with van der Waals surface area (Å²) >= 11 is 0. The molecule has 0 bridgehead atoms. The zero-order valence-electron chi connectivity index (χ0n) is 17.0. The molecular formula is C23H27FN4O. The van der Waals surface area contributed by atoms with Gasteiger partial charge in [-0.1, -0.05) is 6.07 Å². The summed E-state index contributed by atoms with van der Waals surface area (Å²) in [5, 5.41) is 12.6. The van der Waals surface area contributed by atoms with Gasteiger partial charge in [-0.15, -0.1) is 0 Å². The third kappa shape index (κ3) is 4.10. The predicted octanol–water partition coefficient (Wildman–Crippen LogP) is 3.90. The molecule has 1 heterocycles. The Bertz CT molecular complexity index is 941. The fourth-order valence-electron chi connectivity index (χ4n) is 4.09. The number of piperidine rings is 1. The number of anilines is 1. The molecule has 5 nitrogen and oxygen atoms in total. The Hall–Kier alpha value is -2.91. The summed E-state index contributed by atoms with van der Waals surface area (Å²) in [5.41, 5.74) is 9.68. The summed E-state index contributed by atoms with van der Waals surface area (Å²) in [6, 6.07) is 9.87. The van der Waals surface area contributed by atoms with Crippen LogP contribution in [0.4, 0.5) is 10.1 Å². The summed E-state index contributed by atoms with van der Waals surface area (Å²) in [6.45, 7) is 6.75. The number of nitrogens with two attached hydrogens (primary N) is 1. The van der Waals surface area contributed by atoms with Gasteiger partial charge in [0.05, 0.1) is 17.2 Å². The van der Waals surface area contributed by atoms with Gasteiger partial charge in [0.15, 0.2) is 0 Å². The van der Waals surface area contributed by atoms with Gasteiger partial charge in [0.25, 0.3) is 5.91 Å². The second-order valence-electron chi connectivity index (χ2n) is 7.30. The number of nitrogens with zero attached hydrogens (tertiary/aromatic N) is 2. The van der Waals surface area contributed by atoms with Crippen LogP contribution < -0.4 is 11.1 Å². The van der Waals surface area contributed by atoms with E-state index in [9.17, 15) is 14.4 Å². The number of benzene rings is 2. The first-order chi connectivity index (χ1) is 14.0. The fourth-order valence-corrected chi connectivity index (χ4v) is 4.09. The Morgan fingerprint density at radius 2 is 1.90 bits per heavy atom. The molecule has 0 saturated carbocycles. The SMILES string of the molecule is CCN(CC)C(=O)c1ccc(-c2cc(C#N)ccc2F)c(C2CCNCC2)c1N. The molecule has 1 saturated heterocycles. The first kappa shape index (κ1) is 20.8. The molecule has 1 aliphatic rings. The Morgan fingerprint density at radius 3 is 2.52 bits per heavy atom. The van der Waals surface area contributed by atoms with Gasteiger partial charge in [-0.05, 0) is 81.1 Å². The van der Waals surface area contributed by atoms with Crippen LogP contribution in [0.25, 0.3) is 11.1 Å². The maximum Gasteiger partial charge on any atom is 0.255 e. The standard InChI is InChI=1S/C23H27FN4O/c1-3-28(4-2)23(29)18-7-6-17(19-13-15(14-25)5-8-20(19)24)21(22(18)26)16-9-11-27-12-10-16/h5-8,13,16,27H,3-4,9-12,26H2,1-2H3. The number of rotatable bonds is 5. The van der Waals surface area contributed by atoms with Crippen LogP contribution in [0.3, 0.4) is 0 Å². The van der Waals surface area contributed by atoms with Crippen molar-refractivity contribution in [3.8, 4) is 17.2 Å². The van der Waals surface area contributed by atoms with Gasteiger partial charge in [-0.3, -0.25) is 4.79 Å². The van der Waals surface area contributed by atoms with E-state index in [4.69, 9.17) is 5.73 Å². The molecule has 0 aromatic heterocycles. The van der Waals surface area contributed by atoms with Gasteiger partial charge in [0.1, 0.15) is 5.82 Å². The molecule has 0 aliphatic carbocycles. The van der Waals surface area contributed by atoms with Crippen molar-refractivity contribution in [3.05, 3.63) is 52.8 Å². The zero-order valence-corrected chi connectivity index (χ0v) is 17.0. The summed E-state index contributed by atoms with van der Waals surface area (Å²) in [5.74, 6) is -0.386. The molecule has 0 spiro atoms. The lowest BCUT2D eigenvalue weighted by atomic mass is 9.82. The third-order valence-corrected chi connectivity index (χ3v) is 5.70. The van der Waals surface area contributed by atoms with E-state index in [1.807, 2.05) is 13.8 Å². The normalized spacial score (nSPS) is 14.4. The number of nitrogen functional groups attached to an aromatic ring is 1. The molecule has 0 unspecified atom stereocenters. The maximum atomic E-state index is 14.7. The monoisotopic (exact) mass is 394 g/mol. The number of hydrogen-bond acceptors (Lipinski definition) is 4. The van der Waals surface area contributed by atoms with Crippen molar-refractivity contribution >= 4 is 11.6 Å². The van der Waals surface area contributed by atoms with Crippen LogP contribution in [-0.4, -0.2) is 37.0 Å². The molecular weight excluding hydrogens is 367 g/mol. The van der Waals surface area contributed by atoms with E-state index in [1.165, 1.54) is 12.1 Å². The molecule has 1 aliphatic heterocycles. The second-order valence-corrected chi connectivity index (χ2v) is 7.30. The molecule has 1 amide bonds. The summed E-state index contributed by atoms with van der Waals surface area (Å²) < 4.78 is 14.7. The Labute approximate surface area is 171 Å². The van der Waals surface area contributed by atoms with Gasteiger partial charge in [0, 0.05) is 24.3 Å². The van der Waals surface area contributed by atoms with E-state index in [-0.39, 0.29) is 11.8 Å². The van der Waals surface area contributed by atoms with Gasteiger partial charge < -0.3 is 16.0 Å². The van der Waals surface area contributed by atoms with E-state index in [2.05, 4.69) is 11.4 Å². The van der Waals surface area contributed by atoms with Crippen molar-refractivity contribution < 1.29 is 9.18 Å². The molecule has 2 aromatic carbocycles. The molecule has 3 rings (SSSR count). The molecule has 6 heteroatoms. The number of carbonyl (C=O) groups is 1.